The van der Waals surface area contributed by atoms with E-state index in [9.17, 15) is 0 Å². The zero-order valence-electron chi connectivity index (χ0n) is 12.7. The number of rotatable bonds is 7. The van der Waals surface area contributed by atoms with Gasteiger partial charge in [0, 0.05) is 25.5 Å². The van der Waals surface area contributed by atoms with E-state index in [1.165, 1.54) is 18.4 Å². The van der Waals surface area contributed by atoms with Crippen LogP contribution in [0.25, 0.3) is 0 Å². The molecule has 4 nitrogen and oxygen atoms in total. The minimum absolute atomic E-state index is 0.387. The Balaban J connectivity index is 2.27. The number of aliphatic imine (C=N–C) groups is 1. The molecular weight excluding hydrogens is 236 g/mol. The van der Waals surface area contributed by atoms with Gasteiger partial charge in [0.25, 0.3) is 0 Å². The molecule has 0 saturated carbocycles. The van der Waals surface area contributed by atoms with Crippen molar-refractivity contribution in [1.29, 1.82) is 0 Å². The first-order chi connectivity index (χ1) is 8.97. The molecule has 0 aromatic carbocycles. The molecule has 0 aliphatic heterocycles. The predicted molar refractivity (Wildman–Crippen MR) is 82.0 cm³/mol. The van der Waals surface area contributed by atoms with Crippen LogP contribution in [-0.2, 0) is 13.6 Å². The van der Waals surface area contributed by atoms with Crippen molar-refractivity contribution in [3.8, 4) is 0 Å². The molecule has 0 aliphatic carbocycles. The van der Waals surface area contributed by atoms with E-state index in [2.05, 4.69) is 43.3 Å². The highest BCUT2D eigenvalue weighted by Crippen LogP contribution is 2.08. The molecule has 0 radical (unpaired) electrons. The lowest BCUT2D eigenvalue weighted by atomic mass is 10.0. The van der Waals surface area contributed by atoms with Gasteiger partial charge in [-0.05, 0) is 30.9 Å². The highest BCUT2D eigenvalue weighted by molar-refractivity contribution is 5.78. The van der Waals surface area contributed by atoms with E-state index in [0.717, 1.165) is 12.3 Å². The molecular formula is C15H28N4. The molecule has 0 aliphatic rings. The van der Waals surface area contributed by atoms with Crippen LogP contribution in [0.1, 0.15) is 45.6 Å². The summed E-state index contributed by atoms with van der Waals surface area (Å²) in [5.74, 6) is 1.32. The molecule has 1 unspecified atom stereocenters. The number of aromatic nitrogens is 1. The third kappa shape index (κ3) is 6.89. The van der Waals surface area contributed by atoms with Gasteiger partial charge in [0.2, 0.25) is 0 Å². The lowest BCUT2D eigenvalue weighted by Crippen LogP contribution is -2.38. The van der Waals surface area contributed by atoms with Gasteiger partial charge in [-0.2, -0.15) is 0 Å². The summed E-state index contributed by atoms with van der Waals surface area (Å²) in [5.41, 5.74) is 7.07. The Morgan fingerprint density at radius 1 is 1.37 bits per heavy atom. The molecule has 1 aromatic heterocycles. The monoisotopic (exact) mass is 264 g/mol. The van der Waals surface area contributed by atoms with Gasteiger partial charge in [-0.15, -0.1) is 0 Å². The fourth-order valence-electron chi connectivity index (χ4n) is 2.03. The van der Waals surface area contributed by atoms with Crippen molar-refractivity contribution >= 4 is 5.96 Å². The Morgan fingerprint density at radius 3 is 2.68 bits per heavy atom. The molecule has 1 aromatic rings. The molecule has 1 atom stereocenters. The highest BCUT2D eigenvalue weighted by atomic mass is 15.1. The van der Waals surface area contributed by atoms with Crippen LogP contribution in [0.5, 0.6) is 0 Å². The fraction of sp³-hybridized carbons (Fsp3) is 0.667. The Kier molecular flexibility index (Phi) is 6.46. The molecule has 1 rings (SSSR count). The summed E-state index contributed by atoms with van der Waals surface area (Å²) in [5, 5.41) is 3.25. The van der Waals surface area contributed by atoms with Crippen LogP contribution in [0.15, 0.2) is 23.5 Å². The molecule has 0 fully saturated rings. The third-order valence-electron chi connectivity index (χ3n) is 3.14. The first-order valence-electron chi connectivity index (χ1n) is 7.14. The zero-order chi connectivity index (χ0) is 14.3. The fourth-order valence-corrected chi connectivity index (χ4v) is 2.03. The smallest absolute Gasteiger partial charge is 0.189 e. The van der Waals surface area contributed by atoms with Crippen LogP contribution in [-0.4, -0.2) is 16.6 Å². The predicted octanol–water partition coefficient (Wildman–Crippen LogP) is 2.64. The van der Waals surface area contributed by atoms with E-state index in [1.54, 1.807) is 0 Å². The number of hydrogen-bond donors (Lipinski definition) is 2. The number of hydrogen-bond acceptors (Lipinski definition) is 1. The molecule has 4 heteroatoms. The van der Waals surface area contributed by atoms with Crippen molar-refractivity contribution in [3.05, 3.63) is 24.0 Å². The van der Waals surface area contributed by atoms with Crippen LogP contribution in [0, 0.1) is 5.92 Å². The number of nitrogens with one attached hydrogen (secondary N) is 1. The lowest BCUT2D eigenvalue weighted by molar-refractivity contribution is 0.493. The summed E-state index contributed by atoms with van der Waals surface area (Å²) in [6.45, 7) is 7.31. The lowest BCUT2D eigenvalue weighted by Gasteiger charge is -2.14. The molecule has 3 N–H and O–H groups in total. The van der Waals surface area contributed by atoms with Crippen LogP contribution in [0.2, 0.25) is 0 Å². The number of guanidine groups is 1. The number of nitrogens with zero attached hydrogens (tertiary/aromatic N) is 2. The van der Waals surface area contributed by atoms with Crippen molar-refractivity contribution < 1.29 is 0 Å². The van der Waals surface area contributed by atoms with Crippen molar-refractivity contribution in [2.24, 2.45) is 23.7 Å². The van der Waals surface area contributed by atoms with Crippen molar-refractivity contribution in [1.82, 2.24) is 9.88 Å². The first kappa shape index (κ1) is 15.6. The third-order valence-corrected chi connectivity index (χ3v) is 3.14. The topological polar surface area (TPSA) is 55.3 Å². The van der Waals surface area contributed by atoms with Crippen LogP contribution in [0.3, 0.4) is 0 Å². The Morgan fingerprint density at radius 2 is 2.11 bits per heavy atom. The average molecular weight is 264 g/mol. The van der Waals surface area contributed by atoms with E-state index in [1.807, 2.05) is 17.8 Å². The Bertz CT molecular complexity index is 393. The normalized spacial score (nSPS) is 13.8. The molecule has 0 spiro atoms. The zero-order valence-corrected chi connectivity index (χ0v) is 12.7. The second-order valence-corrected chi connectivity index (χ2v) is 5.76. The number of aryl methyl sites for hydroxylation is 1. The van der Waals surface area contributed by atoms with E-state index in [-0.39, 0.29) is 0 Å². The quantitative estimate of drug-likeness (QED) is 0.587. The summed E-state index contributed by atoms with van der Waals surface area (Å²) < 4.78 is 2.02. The van der Waals surface area contributed by atoms with E-state index in [4.69, 9.17) is 5.73 Å². The standard InChI is InChI=1S/C15H28N4/c1-12(2)6-5-7-13(3)18-15(16)17-10-14-8-9-19(4)11-14/h8-9,11-13H,5-7,10H2,1-4H3,(H3,16,17,18). The maximum Gasteiger partial charge on any atom is 0.189 e. The van der Waals surface area contributed by atoms with Gasteiger partial charge in [0.15, 0.2) is 5.96 Å². The molecule has 0 amide bonds. The van der Waals surface area contributed by atoms with Gasteiger partial charge in [-0.1, -0.05) is 26.7 Å². The maximum absolute atomic E-state index is 5.89. The number of nitrogens with two attached hydrogens (primary N) is 1. The second kappa shape index (κ2) is 7.87. The molecule has 0 bridgehead atoms. The van der Waals surface area contributed by atoms with Crippen LogP contribution >= 0.6 is 0 Å². The van der Waals surface area contributed by atoms with E-state index >= 15 is 0 Å². The summed E-state index contributed by atoms with van der Waals surface area (Å²) in [7, 11) is 2.01. The van der Waals surface area contributed by atoms with Gasteiger partial charge >= 0.3 is 0 Å². The Hall–Kier alpha value is -1.45. The Labute approximate surface area is 117 Å². The second-order valence-electron chi connectivity index (χ2n) is 5.76. The largest absolute Gasteiger partial charge is 0.370 e. The maximum atomic E-state index is 5.89. The summed E-state index contributed by atoms with van der Waals surface area (Å²) in [4.78, 5) is 4.36. The highest BCUT2D eigenvalue weighted by Gasteiger charge is 2.03. The van der Waals surface area contributed by atoms with Crippen molar-refractivity contribution in [2.75, 3.05) is 0 Å². The van der Waals surface area contributed by atoms with Gasteiger partial charge in [0.1, 0.15) is 0 Å². The van der Waals surface area contributed by atoms with Crippen molar-refractivity contribution in [2.45, 2.75) is 52.6 Å². The van der Waals surface area contributed by atoms with Gasteiger partial charge in [-0.25, -0.2) is 4.99 Å². The minimum atomic E-state index is 0.387. The summed E-state index contributed by atoms with van der Waals surface area (Å²) >= 11 is 0. The molecule has 108 valence electrons. The first-order valence-corrected chi connectivity index (χ1v) is 7.14. The average Bonchev–Trinajstić information content (AvgIpc) is 2.72. The van der Waals surface area contributed by atoms with E-state index < -0.39 is 0 Å². The molecule has 19 heavy (non-hydrogen) atoms. The van der Waals surface area contributed by atoms with Crippen LogP contribution in [0.4, 0.5) is 0 Å². The van der Waals surface area contributed by atoms with Gasteiger partial charge in [-0.3, -0.25) is 0 Å². The van der Waals surface area contributed by atoms with Gasteiger partial charge < -0.3 is 15.6 Å². The van der Waals surface area contributed by atoms with E-state index in [0.29, 0.717) is 18.5 Å². The SMILES string of the molecule is CC(C)CCCC(C)NC(N)=NCc1ccn(C)c1. The molecule has 1 heterocycles. The van der Waals surface area contributed by atoms with Gasteiger partial charge in [0.05, 0.1) is 6.54 Å². The van der Waals surface area contributed by atoms with Crippen LogP contribution < -0.4 is 11.1 Å². The van der Waals surface area contributed by atoms with Crippen molar-refractivity contribution in [3.63, 3.8) is 0 Å². The molecule has 0 saturated heterocycles. The summed E-state index contributed by atoms with van der Waals surface area (Å²) in [6.07, 6.45) is 7.72. The minimum Gasteiger partial charge on any atom is -0.370 e. The summed E-state index contributed by atoms with van der Waals surface area (Å²) in [6, 6.07) is 2.45.